The standard InChI is InChI=1S/C29H52N10O11/c1-15(35-26(46)17(32)9-10-23(42)43)24(44)38-18(7-3-5-11-30)27(47)34-14-22(41)37-19(8-4-6-12-31)28(48)36-16(2)25(45)39-20(29(49)50)13-21(33)40/h15-20H,3-14,30-32H2,1-2H3,(H2,33,40)(H,34,47)(H,35,46)(H,36,48)(H,37,41)(H,38,44)(H,39,45)(H,42,43)(H,49,50)/t15-,16-,17-,18-,19-,20-/m0/s1. The lowest BCUT2D eigenvalue weighted by molar-refractivity contribution is -0.143. The fraction of sp³-hybridized carbons (Fsp3) is 0.690. The Kier molecular flexibility index (Phi) is 21.9. The molecular formula is C29H52N10O11. The quantitative estimate of drug-likeness (QED) is 0.0373. The third kappa shape index (κ3) is 19.2. The number of primary amides is 1. The van der Waals surface area contributed by atoms with E-state index in [1.54, 1.807) is 0 Å². The molecule has 0 spiro atoms. The van der Waals surface area contributed by atoms with Crippen LogP contribution in [0.1, 0.15) is 71.6 Å². The van der Waals surface area contributed by atoms with Crippen LogP contribution in [0, 0.1) is 0 Å². The molecule has 0 heterocycles. The van der Waals surface area contributed by atoms with Crippen LogP contribution < -0.4 is 54.8 Å². The average molecular weight is 717 g/mol. The number of aliphatic carboxylic acids is 2. The van der Waals surface area contributed by atoms with Crippen LogP contribution in [-0.2, 0) is 43.2 Å². The smallest absolute Gasteiger partial charge is 0.326 e. The molecule has 21 heteroatoms. The number of carboxylic acids is 2. The molecule has 6 atom stereocenters. The number of carbonyl (C=O) groups excluding carboxylic acids is 7. The van der Waals surface area contributed by atoms with Crippen LogP contribution in [-0.4, -0.2) is 119 Å². The van der Waals surface area contributed by atoms with Crippen LogP contribution in [0.3, 0.4) is 0 Å². The van der Waals surface area contributed by atoms with Crippen LogP contribution in [0.15, 0.2) is 0 Å². The fourth-order valence-corrected chi connectivity index (χ4v) is 4.23. The van der Waals surface area contributed by atoms with E-state index in [1.807, 2.05) is 0 Å². The summed E-state index contributed by atoms with van der Waals surface area (Å²) in [6, 6.07) is -7.56. The van der Waals surface area contributed by atoms with E-state index in [2.05, 4.69) is 31.9 Å². The Morgan fingerprint density at radius 2 is 1.08 bits per heavy atom. The van der Waals surface area contributed by atoms with Gasteiger partial charge >= 0.3 is 11.9 Å². The summed E-state index contributed by atoms with van der Waals surface area (Å²) in [5.74, 6) is -8.40. The van der Waals surface area contributed by atoms with E-state index in [9.17, 15) is 48.3 Å². The lowest BCUT2D eigenvalue weighted by atomic mass is 10.1. The summed E-state index contributed by atoms with van der Waals surface area (Å²) in [6.07, 6.45) is 0.874. The van der Waals surface area contributed by atoms with Gasteiger partial charge in [0.25, 0.3) is 0 Å². The lowest BCUT2D eigenvalue weighted by Crippen LogP contribution is -2.57. The molecule has 21 nitrogen and oxygen atoms in total. The predicted molar refractivity (Wildman–Crippen MR) is 176 cm³/mol. The number of rotatable bonds is 26. The highest BCUT2D eigenvalue weighted by atomic mass is 16.4. The number of hydrogen-bond acceptors (Lipinski definition) is 12. The van der Waals surface area contributed by atoms with Crippen molar-refractivity contribution in [3.63, 3.8) is 0 Å². The van der Waals surface area contributed by atoms with Crippen molar-refractivity contribution in [1.82, 2.24) is 31.9 Å². The first kappa shape index (κ1) is 45.1. The number of unbranched alkanes of at least 4 members (excludes halogenated alkanes) is 2. The molecule has 284 valence electrons. The topological polar surface area (TPSA) is 370 Å². The van der Waals surface area contributed by atoms with Gasteiger partial charge in [-0.1, -0.05) is 0 Å². The molecule has 0 fully saturated rings. The van der Waals surface area contributed by atoms with Crippen LogP contribution in [0.2, 0.25) is 0 Å². The Labute approximate surface area is 289 Å². The van der Waals surface area contributed by atoms with E-state index >= 15 is 0 Å². The third-order valence-corrected chi connectivity index (χ3v) is 7.13. The van der Waals surface area contributed by atoms with Gasteiger partial charge in [-0.2, -0.15) is 0 Å². The summed E-state index contributed by atoms with van der Waals surface area (Å²) in [7, 11) is 0. The SMILES string of the molecule is C[C@H](NC(=O)[C@H](CCCCN)NC(=O)CNC(=O)[C@H](CCCCN)NC(=O)[C@H](C)NC(=O)[C@@H](N)CCC(=O)O)C(=O)N[C@@H](CC(N)=O)C(=O)O. The Balaban J connectivity index is 5.42. The van der Waals surface area contributed by atoms with Crippen LogP contribution in [0.25, 0.3) is 0 Å². The summed E-state index contributed by atoms with van der Waals surface area (Å²) >= 11 is 0. The zero-order valence-corrected chi connectivity index (χ0v) is 28.3. The van der Waals surface area contributed by atoms with Crippen LogP contribution in [0.5, 0.6) is 0 Å². The summed E-state index contributed by atoms with van der Waals surface area (Å²) in [5, 5.41) is 32.2. The van der Waals surface area contributed by atoms with E-state index in [4.69, 9.17) is 28.0 Å². The average Bonchev–Trinajstić information content (AvgIpc) is 3.04. The van der Waals surface area contributed by atoms with Crippen molar-refractivity contribution in [2.75, 3.05) is 19.6 Å². The Morgan fingerprint density at radius 1 is 0.600 bits per heavy atom. The minimum atomic E-state index is -1.62. The molecule has 0 saturated heterocycles. The van der Waals surface area contributed by atoms with E-state index in [0.717, 1.165) is 0 Å². The normalized spacial score (nSPS) is 14.3. The molecule has 0 aromatic rings. The highest BCUT2D eigenvalue weighted by Crippen LogP contribution is 2.04. The first-order valence-corrected chi connectivity index (χ1v) is 16.1. The van der Waals surface area contributed by atoms with Crippen LogP contribution >= 0.6 is 0 Å². The first-order valence-electron chi connectivity index (χ1n) is 16.1. The van der Waals surface area contributed by atoms with E-state index < -0.39 is 103 Å². The summed E-state index contributed by atoms with van der Waals surface area (Å²) in [6.45, 7) is 2.59. The second-order valence-corrected chi connectivity index (χ2v) is 11.5. The molecule has 0 saturated carbocycles. The van der Waals surface area contributed by atoms with Gasteiger partial charge in [-0.3, -0.25) is 38.4 Å². The van der Waals surface area contributed by atoms with Crippen molar-refractivity contribution in [3.8, 4) is 0 Å². The van der Waals surface area contributed by atoms with Crippen molar-refractivity contribution in [2.45, 2.75) is 108 Å². The summed E-state index contributed by atoms with van der Waals surface area (Å²) < 4.78 is 0. The second-order valence-electron chi connectivity index (χ2n) is 11.5. The molecule has 50 heavy (non-hydrogen) atoms. The highest BCUT2D eigenvalue weighted by molar-refractivity contribution is 5.96. The number of hydrogen-bond donors (Lipinski definition) is 12. The Hall–Kier alpha value is -4.89. The minimum Gasteiger partial charge on any atom is -0.481 e. The maximum atomic E-state index is 13.0. The monoisotopic (exact) mass is 716 g/mol. The molecule has 0 bridgehead atoms. The first-order chi connectivity index (χ1) is 23.4. The highest BCUT2D eigenvalue weighted by Gasteiger charge is 2.29. The van der Waals surface area contributed by atoms with Gasteiger partial charge in [0, 0.05) is 6.42 Å². The maximum absolute atomic E-state index is 13.0. The van der Waals surface area contributed by atoms with Gasteiger partial charge in [0.2, 0.25) is 41.4 Å². The van der Waals surface area contributed by atoms with Gasteiger partial charge in [0.05, 0.1) is 19.0 Å². The minimum absolute atomic E-state index is 0.0951. The zero-order chi connectivity index (χ0) is 38.4. The molecule has 0 radical (unpaired) electrons. The van der Waals surface area contributed by atoms with Crippen molar-refractivity contribution < 1.29 is 53.4 Å². The fourth-order valence-electron chi connectivity index (χ4n) is 4.23. The lowest BCUT2D eigenvalue weighted by Gasteiger charge is -2.23. The maximum Gasteiger partial charge on any atom is 0.326 e. The molecule has 0 unspecified atom stereocenters. The molecule has 0 rings (SSSR count). The van der Waals surface area contributed by atoms with Gasteiger partial charge in [-0.05, 0) is 71.9 Å². The molecule has 0 aliphatic rings. The number of amides is 7. The zero-order valence-electron chi connectivity index (χ0n) is 28.3. The predicted octanol–water partition coefficient (Wildman–Crippen LogP) is -5.02. The van der Waals surface area contributed by atoms with Crippen molar-refractivity contribution in [1.29, 1.82) is 0 Å². The van der Waals surface area contributed by atoms with Crippen molar-refractivity contribution in [3.05, 3.63) is 0 Å². The molecule has 7 amide bonds. The third-order valence-electron chi connectivity index (χ3n) is 7.13. The summed E-state index contributed by atoms with van der Waals surface area (Å²) in [5.41, 5.74) is 21.8. The van der Waals surface area contributed by atoms with Crippen molar-refractivity contribution in [2.24, 2.45) is 22.9 Å². The van der Waals surface area contributed by atoms with E-state index in [1.165, 1.54) is 13.8 Å². The molecule has 0 aromatic heterocycles. The van der Waals surface area contributed by atoms with Crippen LogP contribution in [0.4, 0.5) is 0 Å². The number of nitrogens with two attached hydrogens (primary N) is 4. The van der Waals surface area contributed by atoms with Gasteiger partial charge in [-0.15, -0.1) is 0 Å². The van der Waals surface area contributed by atoms with Gasteiger partial charge in [0.15, 0.2) is 0 Å². The van der Waals surface area contributed by atoms with Gasteiger partial charge in [-0.25, -0.2) is 4.79 Å². The summed E-state index contributed by atoms with van der Waals surface area (Å²) in [4.78, 5) is 110. The van der Waals surface area contributed by atoms with E-state index in [0.29, 0.717) is 38.8 Å². The molecule has 0 aliphatic carbocycles. The number of carbonyl (C=O) groups is 9. The number of carboxylic acid groups (broad SMARTS) is 2. The van der Waals surface area contributed by atoms with Gasteiger partial charge in [0.1, 0.15) is 30.2 Å². The second kappa shape index (κ2) is 24.3. The Morgan fingerprint density at radius 3 is 1.54 bits per heavy atom. The van der Waals surface area contributed by atoms with E-state index in [-0.39, 0.29) is 25.7 Å². The number of nitrogens with one attached hydrogen (secondary N) is 6. The largest absolute Gasteiger partial charge is 0.481 e. The molecule has 0 aliphatic heterocycles. The molecule has 0 aromatic carbocycles. The Bertz CT molecular complexity index is 1200. The van der Waals surface area contributed by atoms with Crippen molar-refractivity contribution >= 4 is 53.3 Å². The molecular weight excluding hydrogens is 664 g/mol. The van der Waals surface area contributed by atoms with Gasteiger partial charge < -0.3 is 65.0 Å². The molecule has 16 N–H and O–H groups in total.